The van der Waals surface area contributed by atoms with Crippen molar-refractivity contribution in [1.29, 1.82) is 0 Å². The fourth-order valence-corrected chi connectivity index (χ4v) is 3.51. The van der Waals surface area contributed by atoms with E-state index in [9.17, 15) is 4.39 Å². The number of benzene rings is 1. The van der Waals surface area contributed by atoms with Crippen molar-refractivity contribution in [3.8, 4) is 0 Å². The van der Waals surface area contributed by atoms with Crippen molar-refractivity contribution in [3.05, 3.63) is 35.6 Å². The third kappa shape index (κ3) is 2.92. The lowest BCUT2D eigenvalue weighted by molar-refractivity contribution is 0.180. The topological polar surface area (TPSA) is 12.0 Å². The molecule has 1 aromatic rings. The normalized spacial score (nSPS) is 25.9. The molecule has 2 rings (SSSR count). The Kier molecular flexibility index (Phi) is 4.76. The minimum absolute atomic E-state index is 0.128. The van der Waals surface area contributed by atoms with Gasteiger partial charge in [-0.3, -0.25) is 0 Å². The Bertz CT molecular complexity index is 377. The molecule has 3 atom stereocenters. The predicted molar refractivity (Wildman–Crippen MR) is 73.9 cm³/mol. The van der Waals surface area contributed by atoms with Crippen LogP contribution in [0.15, 0.2) is 24.3 Å². The van der Waals surface area contributed by atoms with Crippen LogP contribution in [-0.2, 0) is 0 Å². The lowest BCUT2D eigenvalue weighted by atomic mass is 9.72. The standard InChI is InChI=1S/C16H24FN/c1-3-12-7-4-5-10-15(12)16(18-2)13-8-6-9-14(17)11-13/h6,8-9,11-12,15-16,18H,3-5,7,10H2,1-2H3. The van der Waals surface area contributed by atoms with Crippen molar-refractivity contribution in [2.75, 3.05) is 7.05 Å². The lowest BCUT2D eigenvalue weighted by Gasteiger charge is -2.37. The van der Waals surface area contributed by atoms with E-state index in [1.165, 1.54) is 38.2 Å². The van der Waals surface area contributed by atoms with Crippen LogP contribution < -0.4 is 5.32 Å². The second-order valence-electron chi connectivity index (χ2n) is 5.44. The van der Waals surface area contributed by atoms with Gasteiger partial charge >= 0.3 is 0 Å². The molecule has 0 radical (unpaired) electrons. The third-order valence-corrected chi connectivity index (χ3v) is 4.44. The van der Waals surface area contributed by atoms with E-state index in [4.69, 9.17) is 0 Å². The van der Waals surface area contributed by atoms with Crippen LogP contribution in [0.25, 0.3) is 0 Å². The average Bonchev–Trinajstić information content (AvgIpc) is 2.40. The molecule has 1 aliphatic carbocycles. The van der Waals surface area contributed by atoms with Crippen LogP contribution in [0, 0.1) is 17.7 Å². The van der Waals surface area contributed by atoms with Gasteiger partial charge in [-0.1, -0.05) is 44.7 Å². The molecule has 0 saturated heterocycles. The van der Waals surface area contributed by atoms with Crippen LogP contribution in [-0.4, -0.2) is 7.05 Å². The first-order valence-corrected chi connectivity index (χ1v) is 7.19. The zero-order valence-corrected chi connectivity index (χ0v) is 11.5. The van der Waals surface area contributed by atoms with Crippen molar-refractivity contribution >= 4 is 0 Å². The summed E-state index contributed by atoms with van der Waals surface area (Å²) in [4.78, 5) is 0. The van der Waals surface area contributed by atoms with Crippen molar-refractivity contribution < 1.29 is 4.39 Å². The molecule has 1 nitrogen and oxygen atoms in total. The molecule has 2 heteroatoms. The summed E-state index contributed by atoms with van der Waals surface area (Å²) in [6.07, 6.45) is 6.50. The summed E-state index contributed by atoms with van der Waals surface area (Å²) in [5, 5.41) is 3.41. The van der Waals surface area contributed by atoms with Crippen molar-refractivity contribution in [3.63, 3.8) is 0 Å². The molecule has 0 bridgehead atoms. The summed E-state index contributed by atoms with van der Waals surface area (Å²) in [5.74, 6) is 1.30. The predicted octanol–water partition coefficient (Wildman–Crippen LogP) is 4.30. The molecule has 18 heavy (non-hydrogen) atoms. The monoisotopic (exact) mass is 249 g/mol. The molecule has 0 spiro atoms. The smallest absolute Gasteiger partial charge is 0.123 e. The van der Waals surface area contributed by atoms with Gasteiger partial charge in [0.05, 0.1) is 0 Å². The van der Waals surface area contributed by atoms with Gasteiger partial charge in [-0.25, -0.2) is 4.39 Å². The number of hydrogen-bond donors (Lipinski definition) is 1. The molecule has 0 heterocycles. The van der Waals surface area contributed by atoms with E-state index in [0.29, 0.717) is 12.0 Å². The number of rotatable bonds is 4. The molecule has 1 fully saturated rings. The van der Waals surface area contributed by atoms with Crippen molar-refractivity contribution in [1.82, 2.24) is 5.32 Å². The molecular formula is C16H24FN. The summed E-state index contributed by atoms with van der Waals surface area (Å²) in [6.45, 7) is 2.28. The summed E-state index contributed by atoms with van der Waals surface area (Å²) in [7, 11) is 2.00. The highest BCUT2D eigenvalue weighted by atomic mass is 19.1. The van der Waals surface area contributed by atoms with Gasteiger partial charge in [-0.05, 0) is 43.0 Å². The highest BCUT2D eigenvalue weighted by Crippen LogP contribution is 2.40. The van der Waals surface area contributed by atoms with E-state index in [0.717, 1.165) is 11.5 Å². The fourth-order valence-electron chi connectivity index (χ4n) is 3.51. The van der Waals surface area contributed by atoms with Crippen LogP contribution >= 0.6 is 0 Å². The van der Waals surface area contributed by atoms with E-state index in [-0.39, 0.29) is 5.82 Å². The quantitative estimate of drug-likeness (QED) is 0.838. The molecule has 1 N–H and O–H groups in total. The Balaban J connectivity index is 2.21. The van der Waals surface area contributed by atoms with Gasteiger partial charge in [0.2, 0.25) is 0 Å². The van der Waals surface area contributed by atoms with Crippen molar-refractivity contribution in [2.45, 2.75) is 45.1 Å². The second-order valence-corrected chi connectivity index (χ2v) is 5.44. The van der Waals surface area contributed by atoms with Crippen LogP contribution in [0.2, 0.25) is 0 Å². The number of hydrogen-bond acceptors (Lipinski definition) is 1. The maximum atomic E-state index is 13.4. The molecule has 1 aromatic carbocycles. The lowest BCUT2D eigenvalue weighted by Crippen LogP contribution is -2.32. The molecule has 1 saturated carbocycles. The zero-order valence-electron chi connectivity index (χ0n) is 11.5. The molecule has 1 aliphatic rings. The van der Waals surface area contributed by atoms with E-state index in [2.05, 4.69) is 12.2 Å². The average molecular weight is 249 g/mol. The molecular weight excluding hydrogens is 225 g/mol. The maximum Gasteiger partial charge on any atom is 0.123 e. The molecule has 0 aliphatic heterocycles. The second kappa shape index (κ2) is 6.33. The van der Waals surface area contributed by atoms with E-state index < -0.39 is 0 Å². The Morgan fingerprint density at radius 3 is 2.78 bits per heavy atom. The molecule has 0 amide bonds. The fraction of sp³-hybridized carbons (Fsp3) is 0.625. The summed E-state index contributed by atoms with van der Waals surface area (Å²) in [6, 6.07) is 7.37. The molecule has 100 valence electrons. The summed E-state index contributed by atoms with van der Waals surface area (Å²) in [5.41, 5.74) is 1.10. The highest BCUT2D eigenvalue weighted by molar-refractivity contribution is 5.21. The summed E-state index contributed by atoms with van der Waals surface area (Å²) >= 11 is 0. The highest BCUT2D eigenvalue weighted by Gasteiger charge is 2.30. The largest absolute Gasteiger partial charge is 0.313 e. The minimum Gasteiger partial charge on any atom is -0.313 e. The van der Waals surface area contributed by atoms with Crippen molar-refractivity contribution in [2.24, 2.45) is 11.8 Å². The van der Waals surface area contributed by atoms with E-state index in [1.807, 2.05) is 19.2 Å². The Morgan fingerprint density at radius 2 is 2.11 bits per heavy atom. The Hall–Kier alpha value is -0.890. The Labute approximate surface area is 110 Å². The Morgan fingerprint density at radius 1 is 1.33 bits per heavy atom. The van der Waals surface area contributed by atoms with Gasteiger partial charge in [0.15, 0.2) is 0 Å². The third-order valence-electron chi connectivity index (χ3n) is 4.44. The van der Waals surface area contributed by atoms with Gasteiger partial charge in [0.25, 0.3) is 0 Å². The first-order chi connectivity index (χ1) is 8.76. The molecule has 0 aromatic heterocycles. The first-order valence-electron chi connectivity index (χ1n) is 7.19. The SMILES string of the molecule is CCC1CCCCC1C(NC)c1cccc(F)c1. The number of halogens is 1. The van der Waals surface area contributed by atoms with Crippen LogP contribution in [0.4, 0.5) is 4.39 Å². The van der Waals surface area contributed by atoms with Gasteiger partial charge in [0, 0.05) is 6.04 Å². The van der Waals surface area contributed by atoms with E-state index in [1.54, 1.807) is 6.07 Å². The maximum absolute atomic E-state index is 13.4. The molecule has 3 unspecified atom stereocenters. The summed E-state index contributed by atoms with van der Waals surface area (Å²) < 4.78 is 13.4. The van der Waals surface area contributed by atoms with Crippen LogP contribution in [0.1, 0.15) is 50.6 Å². The first kappa shape index (κ1) is 13.5. The van der Waals surface area contributed by atoms with Gasteiger partial charge in [-0.2, -0.15) is 0 Å². The van der Waals surface area contributed by atoms with Crippen LogP contribution in [0.3, 0.4) is 0 Å². The number of nitrogens with one attached hydrogen (secondary N) is 1. The van der Waals surface area contributed by atoms with Gasteiger partial charge < -0.3 is 5.32 Å². The van der Waals surface area contributed by atoms with Gasteiger partial charge in [-0.15, -0.1) is 0 Å². The van der Waals surface area contributed by atoms with Crippen LogP contribution in [0.5, 0.6) is 0 Å². The van der Waals surface area contributed by atoms with Gasteiger partial charge in [0.1, 0.15) is 5.82 Å². The zero-order chi connectivity index (χ0) is 13.0. The van der Waals surface area contributed by atoms with E-state index >= 15 is 0 Å². The minimum atomic E-state index is -0.128.